The maximum Gasteiger partial charge on any atom is 0.407 e. The Kier molecular flexibility index (Phi) is 9.70. The first-order chi connectivity index (χ1) is 18.2. The molecule has 3 unspecified atom stereocenters. The van der Waals surface area contributed by atoms with Gasteiger partial charge in [-0.05, 0) is 87.1 Å². The summed E-state index contributed by atoms with van der Waals surface area (Å²) in [6, 6.07) is 15.5. The van der Waals surface area contributed by atoms with Crippen molar-refractivity contribution in [2.45, 2.75) is 52.0 Å². The van der Waals surface area contributed by atoms with Gasteiger partial charge in [-0.15, -0.1) is 11.3 Å². The van der Waals surface area contributed by atoms with Gasteiger partial charge in [-0.25, -0.2) is 4.79 Å². The molecule has 1 heterocycles. The lowest BCUT2D eigenvalue weighted by atomic mass is 9.76. The molecule has 1 aliphatic rings. The summed E-state index contributed by atoms with van der Waals surface area (Å²) < 4.78 is 36.4. The van der Waals surface area contributed by atoms with Crippen LogP contribution in [0.25, 0.3) is 0 Å². The van der Waals surface area contributed by atoms with Crippen molar-refractivity contribution < 1.29 is 23.0 Å². The molecule has 0 fully saturated rings. The fourth-order valence-corrected chi connectivity index (χ4v) is 6.79. The Balaban J connectivity index is 1.53. The van der Waals surface area contributed by atoms with Crippen LogP contribution in [-0.4, -0.2) is 40.7 Å². The van der Waals surface area contributed by atoms with Gasteiger partial charge in [0.1, 0.15) is 12.4 Å². The van der Waals surface area contributed by atoms with Crippen molar-refractivity contribution in [2.24, 2.45) is 0 Å². The average Bonchev–Trinajstić information content (AvgIpc) is 3.20. The fourth-order valence-electron chi connectivity index (χ4n) is 5.02. The van der Waals surface area contributed by atoms with Crippen LogP contribution in [0.5, 0.6) is 5.75 Å². The van der Waals surface area contributed by atoms with E-state index in [1.54, 1.807) is 18.3 Å². The lowest BCUT2D eigenvalue weighted by Gasteiger charge is -2.34. The van der Waals surface area contributed by atoms with E-state index < -0.39 is 17.4 Å². The molecule has 0 spiro atoms. The number of hydrogen-bond donors (Lipinski definition) is 1. The first-order valence-corrected chi connectivity index (χ1v) is 14.8. The van der Waals surface area contributed by atoms with Gasteiger partial charge in [-0.1, -0.05) is 29.8 Å². The molecule has 3 aromatic rings. The molecule has 1 amide bonds. The molecular formula is C28H32ClN2O5S2-. The third-order valence-corrected chi connectivity index (χ3v) is 8.61. The molecule has 38 heavy (non-hydrogen) atoms. The van der Waals surface area contributed by atoms with Crippen molar-refractivity contribution in [2.75, 3.05) is 24.1 Å². The number of nitrogens with zero attached hydrogens (tertiary/aromatic N) is 1. The summed E-state index contributed by atoms with van der Waals surface area (Å²) in [5.41, 5.74) is 4.07. The number of ether oxygens (including phenoxy) is 2. The Morgan fingerprint density at radius 3 is 2.74 bits per heavy atom. The van der Waals surface area contributed by atoms with E-state index in [1.807, 2.05) is 56.3 Å². The van der Waals surface area contributed by atoms with Crippen LogP contribution in [0.1, 0.15) is 45.7 Å². The lowest BCUT2D eigenvalue weighted by molar-refractivity contribution is 0.144. The molecule has 204 valence electrons. The number of alkyl carbamates (subject to hydrolysis) is 1. The second kappa shape index (κ2) is 13.0. The lowest BCUT2D eigenvalue weighted by Crippen LogP contribution is -2.43. The first-order valence-electron chi connectivity index (χ1n) is 12.6. The minimum atomic E-state index is -2.41. The molecule has 0 saturated heterocycles. The maximum atomic E-state index is 12.3. The largest absolute Gasteiger partial charge is 0.755 e. The van der Waals surface area contributed by atoms with Crippen molar-refractivity contribution >= 4 is 46.0 Å². The highest BCUT2D eigenvalue weighted by atomic mass is 35.5. The second-order valence-electron chi connectivity index (χ2n) is 9.28. The van der Waals surface area contributed by atoms with E-state index in [9.17, 15) is 13.6 Å². The van der Waals surface area contributed by atoms with Crippen molar-refractivity contribution in [3.8, 4) is 5.75 Å². The molecule has 0 bridgehead atoms. The quantitative estimate of drug-likeness (QED) is 0.296. The van der Waals surface area contributed by atoms with Gasteiger partial charge in [0.15, 0.2) is 0 Å². The molecular weight excluding hydrogens is 544 g/mol. The van der Waals surface area contributed by atoms with Gasteiger partial charge in [-0.3, -0.25) is 8.51 Å². The number of amides is 1. The maximum absolute atomic E-state index is 12.3. The highest BCUT2D eigenvalue weighted by molar-refractivity contribution is 7.80. The highest BCUT2D eigenvalue weighted by Gasteiger charge is 2.31. The smallest absolute Gasteiger partial charge is 0.407 e. The molecule has 1 aliphatic carbocycles. The number of thiophene rings is 1. The minimum Gasteiger partial charge on any atom is -0.755 e. The van der Waals surface area contributed by atoms with Crippen LogP contribution in [-0.2, 0) is 28.8 Å². The number of nitrogens with one attached hydrogen (secondary N) is 1. The molecule has 1 aromatic heterocycles. The van der Waals surface area contributed by atoms with Gasteiger partial charge < -0.3 is 19.3 Å². The van der Waals surface area contributed by atoms with E-state index in [0.29, 0.717) is 29.5 Å². The minimum absolute atomic E-state index is 0.00718. The number of carbonyl (C=O) groups is 1. The molecule has 0 aliphatic heterocycles. The molecule has 7 nitrogen and oxygen atoms in total. The standard InChI is InChI=1S/C28H33ClN2O5S2/c1-4-35-28(32)30-26-11-9-21-8-10-23(17-24(21)25(26)16-20-6-5-7-22(29)15-20)36-13-12-31(38(33)34)27-14-18(2)37-19(27)3/h5-8,10,14-15,17,25-26H,4,9,11-13,16H2,1-3H3,(H,30,32)(H,33,34)/p-1. The van der Waals surface area contributed by atoms with Crippen LogP contribution < -0.4 is 14.4 Å². The summed E-state index contributed by atoms with van der Waals surface area (Å²) in [7, 11) is 0. The monoisotopic (exact) mass is 575 g/mol. The summed E-state index contributed by atoms with van der Waals surface area (Å²) in [6.07, 6.45) is 1.88. The Labute approximate surface area is 235 Å². The van der Waals surface area contributed by atoms with Crippen LogP contribution in [0.3, 0.4) is 0 Å². The van der Waals surface area contributed by atoms with E-state index in [-0.39, 0.29) is 25.1 Å². The van der Waals surface area contributed by atoms with Gasteiger partial charge >= 0.3 is 6.09 Å². The molecule has 0 radical (unpaired) electrons. The van der Waals surface area contributed by atoms with Gasteiger partial charge in [-0.2, -0.15) is 0 Å². The molecule has 1 N–H and O–H groups in total. The molecule has 0 saturated carbocycles. The number of hydrogen-bond acceptors (Lipinski definition) is 6. The van der Waals surface area contributed by atoms with Gasteiger partial charge in [0.05, 0.1) is 18.8 Å². The van der Waals surface area contributed by atoms with E-state index in [4.69, 9.17) is 21.1 Å². The normalized spacial score (nSPS) is 17.4. The van der Waals surface area contributed by atoms with Crippen molar-refractivity contribution in [1.82, 2.24) is 5.32 Å². The van der Waals surface area contributed by atoms with Crippen molar-refractivity contribution in [3.63, 3.8) is 0 Å². The van der Waals surface area contributed by atoms with Gasteiger partial charge in [0, 0.05) is 38.0 Å². The molecule has 10 heteroatoms. The number of aryl methyl sites for hydroxylation is 3. The van der Waals surface area contributed by atoms with E-state index in [0.717, 1.165) is 33.7 Å². The number of rotatable bonds is 10. The number of carbonyl (C=O) groups excluding carboxylic acids is 1. The third kappa shape index (κ3) is 7.08. The SMILES string of the molecule is CCOC(=O)NC1CCc2ccc(OCCN(c3cc(C)sc3C)S(=O)[O-])cc2C1Cc1cccc(Cl)c1. The summed E-state index contributed by atoms with van der Waals surface area (Å²) in [5.74, 6) is 0.652. The average molecular weight is 576 g/mol. The number of benzene rings is 2. The Bertz CT molecular complexity index is 1300. The fraction of sp³-hybridized carbons (Fsp3) is 0.393. The topological polar surface area (TPSA) is 90.9 Å². The predicted octanol–water partition coefficient (Wildman–Crippen LogP) is 6.09. The predicted molar refractivity (Wildman–Crippen MR) is 152 cm³/mol. The van der Waals surface area contributed by atoms with Crippen LogP contribution in [0.15, 0.2) is 48.5 Å². The molecule has 3 atom stereocenters. The van der Waals surface area contributed by atoms with Crippen molar-refractivity contribution in [1.29, 1.82) is 0 Å². The number of halogens is 1. The zero-order valence-electron chi connectivity index (χ0n) is 21.7. The summed E-state index contributed by atoms with van der Waals surface area (Å²) >= 11 is 5.41. The number of anilines is 1. The highest BCUT2D eigenvalue weighted by Crippen LogP contribution is 2.37. The zero-order valence-corrected chi connectivity index (χ0v) is 24.1. The van der Waals surface area contributed by atoms with E-state index in [1.165, 1.54) is 9.87 Å². The number of fused-ring (bicyclic) bond motifs is 1. The Morgan fingerprint density at radius 2 is 2.05 bits per heavy atom. The van der Waals surface area contributed by atoms with E-state index in [2.05, 4.69) is 11.4 Å². The molecule has 2 aromatic carbocycles. The van der Waals surface area contributed by atoms with Crippen LogP contribution in [0.2, 0.25) is 5.02 Å². The van der Waals surface area contributed by atoms with Crippen LogP contribution in [0, 0.1) is 13.8 Å². The second-order valence-corrected chi connectivity index (χ2v) is 12.0. The third-order valence-electron chi connectivity index (χ3n) is 6.68. The Hall–Kier alpha value is -2.59. The summed E-state index contributed by atoms with van der Waals surface area (Å²) in [6.45, 7) is 6.36. The first kappa shape index (κ1) is 28.4. The summed E-state index contributed by atoms with van der Waals surface area (Å²) in [5, 5.41) is 3.72. The Morgan fingerprint density at radius 1 is 1.24 bits per heavy atom. The van der Waals surface area contributed by atoms with E-state index >= 15 is 0 Å². The van der Waals surface area contributed by atoms with Crippen LogP contribution >= 0.6 is 22.9 Å². The van der Waals surface area contributed by atoms with Crippen LogP contribution in [0.4, 0.5) is 10.5 Å². The molecule has 4 rings (SSSR count). The van der Waals surface area contributed by atoms with Crippen molar-refractivity contribution in [3.05, 3.63) is 80.0 Å². The van der Waals surface area contributed by atoms with Gasteiger partial charge in [0.2, 0.25) is 0 Å². The summed E-state index contributed by atoms with van der Waals surface area (Å²) in [4.78, 5) is 14.3. The van der Waals surface area contributed by atoms with Gasteiger partial charge in [0.25, 0.3) is 0 Å². The zero-order chi connectivity index (χ0) is 27.2.